The lowest BCUT2D eigenvalue weighted by molar-refractivity contribution is 0.0695. The zero-order valence-corrected chi connectivity index (χ0v) is 11.9. The highest BCUT2D eigenvalue weighted by molar-refractivity contribution is 7.89. The van der Waals surface area contributed by atoms with Gasteiger partial charge in [0.2, 0.25) is 10.0 Å². The van der Waals surface area contributed by atoms with Crippen molar-refractivity contribution < 1.29 is 23.4 Å². The molecule has 20 heavy (non-hydrogen) atoms. The molecule has 0 radical (unpaired) electrons. The SMILES string of the molecule is Cc1c(C(=O)O)cccc1S(=O)(=O)N1CCCC1CO. The third-order valence-electron chi connectivity index (χ3n) is 3.64. The molecule has 1 saturated heterocycles. The van der Waals surface area contributed by atoms with Gasteiger partial charge in [-0.1, -0.05) is 6.07 Å². The molecule has 2 rings (SSSR count). The number of aromatic carboxylic acids is 1. The number of hydrogen-bond donors (Lipinski definition) is 2. The molecule has 0 aromatic heterocycles. The number of sulfonamides is 1. The van der Waals surface area contributed by atoms with Crippen LogP contribution in [0.2, 0.25) is 0 Å². The molecule has 0 saturated carbocycles. The minimum atomic E-state index is -3.78. The number of aliphatic hydroxyl groups excluding tert-OH is 1. The van der Waals surface area contributed by atoms with Gasteiger partial charge in [-0.05, 0) is 37.5 Å². The minimum Gasteiger partial charge on any atom is -0.478 e. The van der Waals surface area contributed by atoms with Crippen molar-refractivity contribution in [1.29, 1.82) is 0 Å². The monoisotopic (exact) mass is 299 g/mol. The highest BCUT2D eigenvalue weighted by atomic mass is 32.2. The number of rotatable bonds is 4. The number of benzene rings is 1. The Hall–Kier alpha value is -1.44. The van der Waals surface area contributed by atoms with Gasteiger partial charge in [0.1, 0.15) is 0 Å². The first-order valence-corrected chi connectivity index (χ1v) is 7.79. The van der Waals surface area contributed by atoms with E-state index in [1.165, 1.54) is 29.4 Å². The zero-order chi connectivity index (χ0) is 14.9. The van der Waals surface area contributed by atoms with Crippen molar-refractivity contribution in [2.24, 2.45) is 0 Å². The smallest absolute Gasteiger partial charge is 0.335 e. The van der Waals surface area contributed by atoms with Crippen LogP contribution in [0.1, 0.15) is 28.8 Å². The average molecular weight is 299 g/mol. The van der Waals surface area contributed by atoms with E-state index >= 15 is 0 Å². The van der Waals surface area contributed by atoms with E-state index in [9.17, 15) is 18.3 Å². The molecule has 0 spiro atoms. The summed E-state index contributed by atoms with van der Waals surface area (Å²) in [5, 5.41) is 18.3. The molecular weight excluding hydrogens is 282 g/mol. The molecule has 1 fully saturated rings. The molecule has 0 bridgehead atoms. The molecule has 1 aliphatic heterocycles. The van der Waals surface area contributed by atoms with Crippen molar-refractivity contribution in [2.45, 2.75) is 30.7 Å². The lowest BCUT2D eigenvalue weighted by atomic mass is 10.1. The van der Waals surface area contributed by atoms with Crippen LogP contribution in [0.25, 0.3) is 0 Å². The molecule has 0 amide bonds. The van der Waals surface area contributed by atoms with Gasteiger partial charge in [0.05, 0.1) is 17.1 Å². The third-order valence-corrected chi connectivity index (χ3v) is 5.73. The van der Waals surface area contributed by atoms with Gasteiger partial charge in [-0.15, -0.1) is 0 Å². The molecule has 1 aliphatic rings. The first-order valence-electron chi connectivity index (χ1n) is 6.35. The van der Waals surface area contributed by atoms with Gasteiger partial charge in [0.25, 0.3) is 0 Å². The highest BCUT2D eigenvalue weighted by Crippen LogP contribution is 2.28. The Morgan fingerprint density at radius 1 is 1.45 bits per heavy atom. The van der Waals surface area contributed by atoms with Crippen LogP contribution < -0.4 is 0 Å². The van der Waals surface area contributed by atoms with Crippen LogP contribution in [-0.4, -0.2) is 48.1 Å². The van der Waals surface area contributed by atoms with E-state index in [0.717, 1.165) is 0 Å². The minimum absolute atomic E-state index is 0.00208. The zero-order valence-electron chi connectivity index (χ0n) is 11.1. The quantitative estimate of drug-likeness (QED) is 0.859. The van der Waals surface area contributed by atoms with Crippen molar-refractivity contribution in [3.05, 3.63) is 29.3 Å². The molecule has 110 valence electrons. The van der Waals surface area contributed by atoms with Crippen LogP contribution in [0, 0.1) is 6.92 Å². The predicted octanol–water partition coefficient (Wildman–Crippen LogP) is 0.839. The van der Waals surface area contributed by atoms with E-state index < -0.39 is 22.0 Å². The Morgan fingerprint density at radius 2 is 2.15 bits per heavy atom. The van der Waals surface area contributed by atoms with Crippen LogP contribution in [0.3, 0.4) is 0 Å². The molecule has 6 nitrogen and oxygen atoms in total. The molecular formula is C13H17NO5S. The van der Waals surface area contributed by atoms with E-state index in [4.69, 9.17) is 5.11 Å². The maximum absolute atomic E-state index is 12.6. The summed E-state index contributed by atoms with van der Waals surface area (Å²) in [6.07, 6.45) is 1.32. The number of carbonyl (C=O) groups is 1. The fraction of sp³-hybridized carbons (Fsp3) is 0.462. The number of carboxylic acids is 1. The van der Waals surface area contributed by atoms with E-state index in [1.807, 2.05) is 0 Å². The second-order valence-corrected chi connectivity index (χ2v) is 6.69. The summed E-state index contributed by atoms with van der Waals surface area (Å²) in [4.78, 5) is 11.1. The van der Waals surface area contributed by atoms with E-state index in [1.54, 1.807) is 0 Å². The molecule has 0 aliphatic carbocycles. The largest absolute Gasteiger partial charge is 0.478 e. The summed E-state index contributed by atoms with van der Waals surface area (Å²) < 4.78 is 26.5. The fourth-order valence-electron chi connectivity index (χ4n) is 2.56. The van der Waals surface area contributed by atoms with Gasteiger partial charge in [-0.3, -0.25) is 0 Å². The number of carboxylic acid groups (broad SMARTS) is 1. The van der Waals surface area contributed by atoms with E-state index in [2.05, 4.69) is 0 Å². The summed E-state index contributed by atoms with van der Waals surface area (Å²) in [6.45, 7) is 1.61. The average Bonchev–Trinajstić information content (AvgIpc) is 2.87. The van der Waals surface area contributed by atoms with E-state index in [0.29, 0.717) is 19.4 Å². The Labute approximate surface area is 117 Å². The maximum atomic E-state index is 12.6. The molecule has 2 N–H and O–H groups in total. The molecule has 1 atom stereocenters. The van der Waals surface area contributed by atoms with Crippen LogP contribution in [0.5, 0.6) is 0 Å². The lowest BCUT2D eigenvalue weighted by Gasteiger charge is -2.23. The van der Waals surface area contributed by atoms with Crippen LogP contribution >= 0.6 is 0 Å². The lowest BCUT2D eigenvalue weighted by Crippen LogP contribution is -2.38. The second-order valence-electron chi connectivity index (χ2n) is 4.83. The second kappa shape index (κ2) is 5.51. The van der Waals surface area contributed by atoms with Crippen LogP contribution in [-0.2, 0) is 10.0 Å². The van der Waals surface area contributed by atoms with Crippen molar-refractivity contribution in [1.82, 2.24) is 4.31 Å². The molecule has 7 heteroatoms. The van der Waals surface area contributed by atoms with Crippen molar-refractivity contribution in [3.8, 4) is 0 Å². The first kappa shape index (κ1) is 15.0. The summed E-state index contributed by atoms with van der Waals surface area (Å²) >= 11 is 0. The fourth-order valence-corrected chi connectivity index (χ4v) is 4.49. The van der Waals surface area contributed by atoms with Gasteiger partial charge in [-0.25, -0.2) is 13.2 Å². The standard InChI is InChI=1S/C13H17NO5S/c1-9-11(13(16)17)5-2-6-12(9)20(18,19)14-7-3-4-10(14)8-15/h2,5-6,10,15H,3-4,7-8H2,1H3,(H,16,17). The molecule has 1 aromatic carbocycles. The number of nitrogens with zero attached hydrogens (tertiary/aromatic N) is 1. The van der Waals surface area contributed by atoms with Crippen molar-refractivity contribution in [3.63, 3.8) is 0 Å². The van der Waals surface area contributed by atoms with Crippen LogP contribution in [0.15, 0.2) is 23.1 Å². The van der Waals surface area contributed by atoms with Crippen molar-refractivity contribution >= 4 is 16.0 Å². The number of aliphatic hydroxyl groups is 1. The molecule has 1 heterocycles. The van der Waals surface area contributed by atoms with Gasteiger partial charge < -0.3 is 10.2 Å². The Morgan fingerprint density at radius 3 is 2.75 bits per heavy atom. The first-order chi connectivity index (χ1) is 9.39. The number of hydrogen-bond acceptors (Lipinski definition) is 4. The molecule has 1 unspecified atom stereocenters. The normalized spacial score (nSPS) is 20.2. The van der Waals surface area contributed by atoms with Gasteiger partial charge >= 0.3 is 5.97 Å². The maximum Gasteiger partial charge on any atom is 0.335 e. The third kappa shape index (κ3) is 2.44. The Balaban J connectivity index is 2.50. The topological polar surface area (TPSA) is 94.9 Å². The van der Waals surface area contributed by atoms with E-state index in [-0.39, 0.29) is 22.6 Å². The Bertz CT molecular complexity index is 626. The van der Waals surface area contributed by atoms with Crippen molar-refractivity contribution in [2.75, 3.05) is 13.2 Å². The van der Waals surface area contributed by atoms with Gasteiger partial charge in [0.15, 0.2) is 0 Å². The Kier molecular flexibility index (Phi) is 4.12. The summed E-state index contributed by atoms with van der Waals surface area (Å²) in [5.74, 6) is -1.15. The van der Waals surface area contributed by atoms with Gasteiger partial charge in [-0.2, -0.15) is 4.31 Å². The summed E-state index contributed by atoms with van der Waals surface area (Å²) in [6, 6.07) is 3.79. The summed E-state index contributed by atoms with van der Waals surface area (Å²) in [5.41, 5.74) is 0.203. The highest BCUT2D eigenvalue weighted by Gasteiger charge is 2.36. The predicted molar refractivity (Wildman–Crippen MR) is 72.1 cm³/mol. The summed E-state index contributed by atoms with van der Waals surface area (Å²) in [7, 11) is -3.78. The van der Waals surface area contributed by atoms with Crippen LogP contribution in [0.4, 0.5) is 0 Å². The molecule has 1 aromatic rings. The van der Waals surface area contributed by atoms with Gasteiger partial charge in [0, 0.05) is 12.6 Å².